The zero-order valence-electron chi connectivity index (χ0n) is 14.0. The molecule has 0 aliphatic carbocycles. The average molecular weight is 389 g/mol. The van der Waals surface area contributed by atoms with Gasteiger partial charge in [-0.05, 0) is 24.1 Å². The summed E-state index contributed by atoms with van der Waals surface area (Å²) in [5.41, 5.74) is 1.83. The second-order valence-electron chi connectivity index (χ2n) is 5.85. The van der Waals surface area contributed by atoms with Gasteiger partial charge in [0.15, 0.2) is 11.7 Å². The number of aryl methyl sites for hydroxylation is 1. The van der Waals surface area contributed by atoms with Crippen LogP contribution in [-0.4, -0.2) is 10.9 Å². The molecule has 3 rings (SSSR count). The Morgan fingerprint density at radius 1 is 1.12 bits per heavy atom. The second kappa shape index (κ2) is 8.88. The smallest absolute Gasteiger partial charge is 0.220 e. The summed E-state index contributed by atoms with van der Waals surface area (Å²) in [5.74, 6) is 1.34. The molecule has 1 amide bonds. The number of benzene rings is 2. The summed E-state index contributed by atoms with van der Waals surface area (Å²) < 4.78 is 5.73. The fourth-order valence-corrected chi connectivity index (χ4v) is 2.98. The van der Waals surface area contributed by atoms with Crippen LogP contribution in [0, 0.1) is 0 Å². The van der Waals surface area contributed by atoms with E-state index in [1.54, 1.807) is 18.3 Å². The van der Waals surface area contributed by atoms with Crippen molar-refractivity contribution >= 4 is 29.1 Å². The summed E-state index contributed by atoms with van der Waals surface area (Å²) in [7, 11) is 0. The Morgan fingerprint density at radius 2 is 1.92 bits per heavy atom. The number of amides is 1. The van der Waals surface area contributed by atoms with E-state index in [0.29, 0.717) is 41.7 Å². The predicted molar refractivity (Wildman–Crippen MR) is 103 cm³/mol. The Kier molecular flexibility index (Phi) is 6.31. The van der Waals surface area contributed by atoms with E-state index in [1.165, 1.54) is 0 Å². The number of carbonyl (C=O) groups is 1. The zero-order chi connectivity index (χ0) is 18.4. The van der Waals surface area contributed by atoms with Crippen molar-refractivity contribution in [1.82, 2.24) is 10.3 Å². The van der Waals surface area contributed by atoms with Crippen LogP contribution >= 0.6 is 23.2 Å². The monoisotopic (exact) mass is 388 g/mol. The number of carbonyl (C=O) groups excluding carboxylic acids is 1. The van der Waals surface area contributed by atoms with Crippen LogP contribution in [0.15, 0.2) is 59.1 Å². The first kappa shape index (κ1) is 18.5. The Bertz CT molecular complexity index is 879. The largest absolute Gasteiger partial charge is 0.441 e. The lowest BCUT2D eigenvalue weighted by molar-refractivity contribution is -0.121. The van der Waals surface area contributed by atoms with Crippen LogP contribution < -0.4 is 5.32 Å². The third kappa shape index (κ3) is 5.10. The zero-order valence-corrected chi connectivity index (χ0v) is 15.6. The maximum Gasteiger partial charge on any atom is 0.220 e. The molecular weight excluding hydrogens is 371 g/mol. The molecule has 4 nitrogen and oxygen atoms in total. The molecule has 0 atom stereocenters. The first-order chi connectivity index (χ1) is 12.6. The van der Waals surface area contributed by atoms with Crippen LogP contribution in [0.5, 0.6) is 0 Å². The lowest BCUT2D eigenvalue weighted by Crippen LogP contribution is -2.22. The van der Waals surface area contributed by atoms with Crippen molar-refractivity contribution in [2.45, 2.75) is 25.8 Å². The number of halogens is 2. The highest BCUT2D eigenvalue weighted by Gasteiger charge is 2.08. The van der Waals surface area contributed by atoms with Gasteiger partial charge in [-0.15, -0.1) is 0 Å². The number of oxazole rings is 1. The van der Waals surface area contributed by atoms with Crippen molar-refractivity contribution in [2.75, 3.05) is 0 Å². The quantitative estimate of drug-likeness (QED) is 0.598. The molecule has 0 spiro atoms. The molecule has 1 N–H and O–H groups in total. The summed E-state index contributed by atoms with van der Waals surface area (Å²) in [6, 6.07) is 15.0. The number of nitrogens with zero attached hydrogens (tertiary/aromatic N) is 1. The highest BCUT2D eigenvalue weighted by Crippen LogP contribution is 2.21. The molecular formula is C20H18Cl2N2O2. The topological polar surface area (TPSA) is 55.1 Å². The fraction of sp³-hybridized carbons (Fsp3) is 0.200. The molecule has 0 aliphatic heterocycles. The Labute approximate surface area is 162 Å². The molecule has 0 bridgehead atoms. The Balaban J connectivity index is 1.43. The molecule has 6 heteroatoms. The summed E-state index contributed by atoms with van der Waals surface area (Å²) in [5, 5.41) is 3.98. The molecule has 0 radical (unpaired) electrons. The fourth-order valence-electron chi connectivity index (χ4n) is 2.51. The summed E-state index contributed by atoms with van der Waals surface area (Å²) in [4.78, 5) is 16.3. The van der Waals surface area contributed by atoms with Gasteiger partial charge in [0.25, 0.3) is 0 Å². The third-order valence-corrected chi connectivity index (χ3v) is 4.48. The number of rotatable bonds is 7. The first-order valence-electron chi connectivity index (χ1n) is 8.32. The number of nitrogens with one attached hydrogen (secondary N) is 1. The van der Waals surface area contributed by atoms with Crippen molar-refractivity contribution in [2.24, 2.45) is 0 Å². The normalized spacial score (nSPS) is 10.7. The maximum atomic E-state index is 12.0. The molecule has 0 saturated heterocycles. The van der Waals surface area contributed by atoms with Gasteiger partial charge < -0.3 is 9.73 Å². The lowest BCUT2D eigenvalue weighted by Gasteiger charge is -2.07. The van der Waals surface area contributed by atoms with E-state index in [9.17, 15) is 4.79 Å². The van der Waals surface area contributed by atoms with Crippen LogP contribution in [0.2, 0.25) is 10.0 Å². The predicted octanol–water partition coefficient (Wildman–Crippen LogP) is 5.29. The standard InChI is InChI=1S/C20H18Cl2N2O2/c21-16-10-9-15(17(22)11-16)12-23-19(25)7-4-8-20-24-13-18(26-20)14-5-2-1-3-6-14/h1-3,5-6,9-11,13H,4,7-8,12H2,(H,23,25). The van der Waals surface area contributed by atoms with Crippen LogP contribution in [0.1, 0.15) is 24.3 Å². The lowest BCUT2D eigenvalue weighted by atomic mass is 10.2. The van der Waals surface area contributed by atoms with Crippen LogP contribution in [0.3, 0.4) is 0 Å². The Morgan fingerprint density at radius 3 is 2.69 bits per heavy atom. The van der Waals surface area contributed by atoms with Crippen molar-refractivity contribution < 1.29 is 9.21 Å². The van der Waals surface area contributed by atoms with E-state index in [0.717, 1.165) is 16.9 Å². The number of aromatic nitrogens is 1. The van der Waals surface area contributed by atoms with E-state index < -0.39 is 0 Å². The molecule has 0 fully saturated rings. The van der Waals surface area contributed by atoms with E-state index in [2.05, 4.69) is 10.3 Å². The highest BCUT2D eigenvalue weighted by molar-refractivity contribution is 6.35. The molecule has 3 aromatic rings. The summed E-state index contributed by atoms with van der Waals surface area (Å²) in [6.45, 7) is 0.381. The first-order valence-corrected chi connectivity index (χ1v) is 9.08. The minimum absolute atomic E-state index is 0.0362. The molecule has 1 aromatic heterocycles. The van der Waals surface area contributed by atoms with Crippen LogP contribution in [-0.2, 0) is 17.8 Å². The molecule has 134 valence electrons. The van der Waals surface area contributed by atoms with E-state index in [1.807, 2.05) is 36.4 Å². The summed E-state index contributed by atoms with van der Waals surface area (Å²) in [6.07, 6.45) is 3.39. The van der Waals surface area contributed by atoms with Gasteiger partial charge in [0.1, 0.15) is 0 Å². The van der Waals surface area contributed by atoms with Gasteiger partial charge in [0.05, 0.1) is 6.20 Å². The molecule has 1 heterocycles. The SMILES string of the molecule is O=C(CCCc1ncc(-c2ccccc2)o1)NCc1ccc(Cl)cc1Cl. The van der Waals surface area contributed by atoms with E-state index in [-0.39, 0.29) is 5.91 Å². The number of hydrogen-bond acceptors (Lipinski definition) is 3. The van der Waals surface area contributed by atoms with Crippen LogP contribution in [0.25, 0.3) is 11.3 Å². The van der Waals surface area contributed by atoms with Crippen molar-refractivity contribution in [3.8, 4) is 11.3 Å². The van der Waals surface area contributed by atoms with Gasteiger partial charge in [-0.1, -0.05) is 59.6 Å². The number of hydrogen-bond donors (Lipinski definition) is 1. The van der Waals surface area contributed by atoms with Crippen molar-refractivity contribution in [1.29, 1.82) is 0 Å². The molecule has 2 aromatic carbocycles. The van der Waals surface area contributed by atoms with E-state index >= 15 is 0 Å². The van der Waals surface area contributed by atoms with Gasteiger partial charge in [-0.2, -0.15) is 0 Å². The second-order valence-corrected chi connectivity index (χ2v) is 6.69. The van der Waals surface area contributed by atoms with E-state index in [4.69, 9.17) is 27.6 Å². The minimum atomic E-state index is -0.0362. The highest BCUT2D eigenvalue weighted by atomic mass is 35.5. The van der Waals surface area contributed by atoms with Crippen molar-refractivity contribution in [3.05, 3.63) is 76.2 Å². The maximum absolute atomic E-state index is 12.0. The molecule has 0 unspecified atom stereocenters. The average Bonchev–Trinajstić information content (AvgIpc) is 3.11. The Hall–Kier alpha value is -2.30. The van der Waals surface area contributed by atoms with Gasteiger partial charge in [-0.25, -0.2) is 4.98 Å². The molecule has 0 aliphatic rings. The van der Waals surface area contributed by atoms with Gasteiger partial charge in [0, 0.05) is 35.0 Å². The third-order valence-electron chi connectivity index (χ3n) is 3.90. The van der Waals surface area contributed by atoms with Crippen LogP contribution in [0.4, 0.5) is 0 Å². The van der Waals surface area contributed by atoms with Crippen molar-refractivity contribution in [3.63, 3.8) is 0 Å². The molecule has 26 heavy (non-hydrogen) atoms. The molecule has 0 saturated carbocycles. The summed E-state index contributed by atoms with van der Waals surface area (Å²) >= 11 is 12.0. The van der Waals surface area contributed by atoms with Gasteiger partial charge >= 0.3 is 0 Å². The minimum Gasteiger partial charge on any atom is -0.441 e. The van der Waals surface area contributed by atoms with Gasteiger partial charge in [0.2, 0.25) is 5.91 Å². The van der Waals surface area contributed by atoms with Gasteiger partial charge in [-0.3, -0.25) is 4.79 Å².